The van der Waals surface area contributed by atoms with Crippen LogP contribution in [-0.2, 0) is 0 Å². The van der Waals surface area contributed by atoms with Crippen molar-refractivity contribution in [1.82, 2.24) is 4.90 Å². The van der Waals surface area contributed by atoms with Gasteiger partial charge >= 0.3 is 0 Å². The Morgan fingerprint density at radius 3 is 2.63 bits per heavy atom. The molecular formula is C19H19N3O4S. The van der Waals surface area contributed by atoms with Gasteiger partial charge < -0.3 is 19.7 Å². The van der Waals surface area contributed by atoms with Crippen LogP contribution in [0, 0.1) is 10.1 Å². The van der Waals surface area contributed by atoms with Gasteiger partial charge in [0, 0.05) is 24.4 Å². The molecule has 2 aromatic carbocycles. The van der Waals surface area contributed by atoms with Gasteiger partial charge in [-0.25, -0.2) is 0 Å². The first kappa shape index (κ1) is 17.5. The molecule has 0 unspecified atom stereocenters. The van der Waals surface area contributed by atoms with E-state index in [2.05, 4.69) is 16.3 Å². The molecule has 0 radical (unpaired) electrons. The van der Waals surface area contributed by atoms with Gasteiger partial charge in [0.2, 0.25) is 0 Å². The van der Waals surface area contributed by atoms with Gasteiger partial charge in [0.25, 0.3) is 5.69 Å². The number of nitrogens with zero attached hydrogens (tertiary/aromatic N) is 2. The van der Waals surface area contributed by atoms with Gasteiger partial charge in [-0.2, -0.15) is 0 Å². The Bertz CT molecular complexity index is 872. The van der Waals surface area contributed by atoms with Crippen LogP contribution in [0.15, 0.2) is 42.5 Å². The van der Waals surface area contributed by atoms with E-state index in [0.717, 1.165) is 42.1 Å². The molecule has 1 N–H and O–H groups in total. The van der Waals surface area contributed by atoms with Gasteiger partial charge in [0.05, 0.1) is 11.0 Å². The van der Waals surface area contributed by atoms with Crippen molar-refractivity contribution in [2.24, 2.45) is 0 Å². The maximum absolute atomic E-state index is 10.8. The lowest BCUT2D eigenvalue weighted by atomic mass is 10.0. The highest BCUT2D eigenvalue weighted by atomic mass is 32.1. The van der Waals surface area contributed by atoms with Gasteiger partial charge in [0.15, 0.2) is 16.6 Å². The number of hydrogen-bond donors (Lipinski definition) is 1. The Hall–Kier alpha value is -2.87. The number of fused-ring (bicyclic) bond motifs is 1. The minimum atomic E-state index is -0.416. The molecule has 0 aliphatic carbocycles. The number of benzene rings is 2. The van der Waals surface area contributed by atoms with Crippen molar-refractivity contribution in [1.29, 1.82) is 0 Å². The number of non-ortho nitro benzene ring substituents is 1. The summed E-state index contributed by atoms with van der Waals surface area (Å²) in [6.45, 7) is 1.99. The number of nitrogens with one attached hydrogen (secondary N) is 1. The highest BCUT2D eigenvalue weighted by Crippen LogP contribution is 2.38. The highest BCUT2D eigenvalue weighted by Gasteiger charge is 2.29. The normalized spacial score (nSPS) is 18.2. The van der Waals surface area contributed by atoms with Gasteiger partial charge in [-0.1, -0.05) is 6.07 Å². The van der Waals surface area contributed by atoms with Crippen molar-refractivity contribution in [3.05, 3.63) is 58.1 Å². The third-order valence-electron chi connectivity index (χ3n) is 4.79. The van der Waals surface area contributed by atoms with Crippen molar-refractivity contribution in [3.8, 4) is 11.5 Å². The molecule has 8 heteroatoms. The van der Waals surface area contributed by atoms with Crippen LogP contribution in [0.1, 0.15) is 24.4 Å². The SMILES string of the molecule is O=[N+]([O-])c1ccc(NC(=S)N2CCC[C@@H]2c2ccc3c(c2)OCCO3)cc1. The number of likely N-dealkylation sites (tertiary alicyclic amines) is 1. The van der Waals surface area contributed by atoms with Gasteiger partial charge in [-0.15, -0.1) is 0 Å². The average molecular weight is 385 g/mol. The molecule has 1 fully saturated rings. The number of hydrogen-bond acceptors (Lipinski definition) is 5. The quantitative estimate of drug-likeness (QED) is 0.488. The lowest BCUT2D eigenvalue weighted by Gasteiger charge is -2.29. The lowest BCUT2D eigenvalue weighted by Crippen LogP contribution is -2.34. The first-order valence-electron chi connectivity index (χ1n) is 8.83. The van der Waals surface area contributed by atoms with E-state index in [4.69, 9.17) is 21.7 Å². The number of nitro groups is 1. The molecule has 1 atom stereocenters. The van der Waals surface area contributed by atoms with Crippen LogP contribution in [0.2, 0.25) is 0 Å². The van der Waals surface area contributed by atoms with E-state index in [1.165, 1.54) is 12.1 Å². The van der Waals surface area contributed by atoms with Crippen LogP contribution in [0.3, 0.4) is 0 Å². The van der Waals surface area contributed by atoms with Crippen LogP contribution in [0.25, 0.3) is 0 Å². The van der Waals surface area contributed by atoms with Crippen molar-refractivity contribution in [2.75, 3.05) is 25.1 Å². The number of thiocarbonyl (C=S) groups is 1. The number of nitro benzene ring substituents is 1. The Labute approximate surface area is 162 Å². The zero-order valence-electron chi connectivity index (χ0n) is 14.6. The summed E-state index contributed by atoms with van der Waals surface area (Å²) in [4.78, 5) is 12.5. The summed E-state index contributed by atoms with van der Waals surface area (Å²) in [6, 6.07) is 12.5. The first-order valence-corrected chi connectivity index (χ1v) is 9.24. The van der Waals surface area contributed by atoms with E-state index < -0.39 is 4.92 Å². The van der Waals surface area contributed by atoms with Crippen LogP contribution in [-0.4, -0.2) is 34.7 Å². The van der Waals surface area contributed by atoms with E-state index in [0.29, 0.717) is 18.3 Å². The molecule has 0 spiro atoms. The minimum Gasteiger partial charge on any atom is -0.486 e. The van der Waals surface area contributed by atoms with Crippen LogP contribution < -0.4 is 14.8 Å². The summed E-state index contributed by atoms with van der Waals surface area (Å²) >= 11 is 5.60. The molecule has 2 heterocycles. The predicted octanol–water partition coefficient (Wildman–Crippen LogP) is 3.90. The summed E-state index contributed by atoms with van der Waals surface area (Å²) in [7, 11) is 0. The molecule has 2 aliphatic heterocycles. The molecule has 4 rings (SSSR count). The highest BCUT2D eigenvalue weighted by molar-refractivity contribution is 7.80. The van der Waals surface area contributed by atoms with Crippen molar-refractivity contribution in [2.45, 2.75) is 18.9 Å². The Morgan fingerprint density at radius 2 is 1.89 bits per heavy atom. The maximum Gasteiger partial charge on any atom is 0.269 e. The zero-order chi connectivity index (χ0) is 18.8. The van der Waals surface area contributed by atoms with E-state index >= 15 is 0 Å². The van der Waals surface area contributed by atoms with Gasteiger partial charge in [-0.05, 0) is 54.9 Å². The number of ether oxygens (including phenoxy) is 2. The standard InChI is InChI=1S/C19H19N3O4S/c23-22(24)15-6-4-14(5-7-15)20-19(27)21-9-1-2-16(21)13-3-8-17-18(12-13)26-11-10-25-17/h3-8,12,16H,1-2,9-11H2,(H,20,27)/t16-/m1/s1. The Kier molecular flexibility index (Phi) is 4.81. The van der Waals surface area contributed by atoms with Gasteiger partial charge in [0.1, 0.15) is 13.2 Å². The Morgan fingerprint density at radius 1 is 1.15 bits per heavy atom. The molecule has 2 aromatic rings. The Balaban J connectivity index is 1.49. The molecule has 0 amide bonds. The van der Waals surface area contributed by atoms with E-state index in [-0.39, 0.29) is 11.7 Å². The third kappa shape index (κ3) is 3.66. The number of rotatable bonds is 3. The second kappa shape index (κ2) is 7.40. The van der Waals surface area contributed by atoms with E-state index in [9.17, 15) is 10.1 Å². The second-order valence-electron chi connectivity index (χ2n) is 6.49. The van der Waals surface area contributed by atoms with Crippen LogP contribution in [0.4, 0.5) is 11.4 Å². The molecule has 27 heavy (non-hydrogen) atoms. The third-order valence-corrected chi connectivity index (χ3v) is 5.13. The fourth-order valence-electron chi connectivity index (χ4n) is 3.49. The second-order valence-corrected chi connectivity index (χ2v) is 6.88. The summed E-state index contributed by atoms with van der Waals surface area (Å²) in [5, 5.41) is 14.6. The molecule has 0 bridgehead atoms. The average Bonchev–Trinajstić information content (AvgIpc) is 3.18. The van der Waals surface area contributed by atoms with Crippen molar-refractivity contribution in [3.63, 3.8) is 0 Å². The molecule has 140 valence electrons. The smallest absolute Gasteiger partial charge is 0.269 e. The molecule has 0 aromatic heterocycles. The summed E-state index contributed by atoms with van der Waals surface area (Å²) in [5.41, 5.74) is 1.94. The molecule has 0 saturated carbocycles. The minimum absolute atomic E-state index is 0.0572. The largest absolute Gasteiger partial charge is 0.486 e. The fraction of sp³-hybridized carbons (Fsp3) is 0.316. The van der Waals surface area contributed by atoms with E-state index in [1.54, 1.807) is 12.1 Å². The summed E-state index contributed by atoms with van der Waals surface area (Å²) in [6.07, 6.45) is 2.04. The van der Waals surface area contributed by atoms with Crippen molar-refractivity contribution >= 4 is 28.7 Å². The number of anilines is 1. The summed E-state index contributed by atoms with van der Waals surface area (Å²) < 4.78 is 11.3. The van der Waals surface area contributed by atoms with Crippen molar-refractivity contribution < 1.29 is 14.4 Å². The monoisotopic (exact) mass is 385 g/mol. The molecular weight excluding hydrogens is 366 g/mol. The summed E-state index contributed by atoms with van der Waals surface area (Å²) in [5.74, 6) is 1.56. The first-order chi connectivity index (χ1) is 13.1. The topological polar surface area (TPSA) is 76.9 Å². The van der Waals surface area contributed by atoms with Crippen LogP contribution in [0.5, 0.6) is 11.5 Å². The predicted molar refractivity (Wildman–Crippen MR) is 105 cm³/mol. The lowest BCUT2D eigenvalue weighted by molar-refractivity contribution is -0.384. The van der Waals surface area contributed by atoms with Crippen LogP contribution >= 0.6 is 12.2 Å². The van der Waals surface area contributed by atoms with Gasteiger partial charge in [-0.3, -0.25) is 10.1 Å². The molecule has 1 saturated heterocycles. The molecule has 7 nitrogen and oxygen atoms in total. The zero-order valence-corrected chi connectivity index (χ0v) is 15.4. The maximum atomic E-state index is 10.8. The fourth-order valence-corrected chi connectivity index (χ4v) is 3.82. The molecule has 2 aliphatic rings. The van der Waals surface area contributed by atoms with E-state index in [1.807, 2.05) is 12.1 Å².